The highest BCUT2D eigenvalue weighted by molar-refractivity contribution is 7.85. The zero-order valence-corrected chi connectivity index (χ0v) is 15.5. The van der Waals surface area contributed by atoms with Crippen molar-refractivity contribution in [2.75, 3.05) is 29.0 Å². The summed E-state index contributed by atoms with van der Waals surface area (Å²) in [5.41, 5.74) is 2.34. The summed E-state index contributed by atoms with van der Waals surface area (Å²) < 4.78 is 14.3. The molecule has 0 radical (unpaired) electrons. The highest BCUT2D eigenvalue weighted by atomic mass is 32.2. The number of nitrogens with zero attached hydrogens (tertiary/aromatic N) is 2. The van der Waals surface area contributed by atoms with Crippen molar-refractivity contribution >= 4 is 44.0 Å². The molecule has 5 nitrogen and oxygen atoms in total. The van der Waals surface area contributed by atoms with E-state index in [-0.39, 0.29) is 5.43 Å². The Hall–Kier alpha value is -2.47. The molecule has 2 aromatic carbocycles. The van der Waals surface area contributed by atoms with Gasteiger partial charge in [0.05, 0.1) is 22.8 Å². The van der Waals surface area contributed by atoms with Crippen LogP contribution in [0.15, 0.2) is 47.4 Å². The van der Waals surface area contributed by atoms with E-state index >= 15 is 0 Å². The minimum Gasteiger partial charge on any atom is -0.370 e. The summed E-state index contributed by atoms with van der Waals surface area (Å²) in [6.07, 6.45) is 7.05. The van der Waals surface area contributed by atoms with Crippen LogP contribution in [0.1, 0.15) is 19.3 Å². The van der Waals surface area contributed by atoms with Gasteiger partial charge in [0.2, 0.25) is 0 Å². The van der Waals surface area contributed by atoms with Crippen LogP contribution in [0.5, 0.6) is 0 Å². The number of hydrogen-bond donors (Lipinski definition) is 1. The molecule has 0 saturated carbocycles. The van der Waals surface area contributed by atoms with Crippen molar-refractivity contribution in [3.05, 3.63) is 52.8 Å². The maximum Gasteiger partial charge on any atom is 0.195 e. The fraction of sp³-hybridized carbons (Fsp3) is 0.300. The van der Waals surface area contributed by atoms with E-state index < -0.39 is 11.0 Å². The number of benzene rings is 1. The van der Waals surface area contributed by atoms with E-state index in [9.17, 15) is 9.00 Å². The van der Waals surface area contributed by atoms with E-state index in [2.05, 4.69) is 14.6 Å². The zero-order chi connectivity index (χ0) is 18.1. The number of piperidine rings is 1. The molecule has 1 aromatic heterocycles. The van der Waals surface area contributed by atoms with Crippen molar-refractivity contribution in [1.29, 1.82) is 0 Å². The predicted molar refractivity (Wildman–Crippen MR) is 109 cm³/mol. The van der Waals surface area contributed by atoms with Gasteiger partial charge in [-0.1, -0.05) is 12.1 Å². The lowest BCUT2D eigenvalue weighted by atomic mass is 10.1. The van der Waals surface area contributed by atoms with E-state index in [0.29, 0.717) is 22.0 Å². The van der Waals surface area contributed by atoms with Gasteiger partial charge in [-0.15, -0.1) is 0 Å². The van der Waals surface area contributed by atoms with E-state index in [1.807, 2.05) is 36.5 Å². The van der Waals surface area contributed by atoms with E-state index in [1.54, 1.807) is 12.3 Å². The predicted octanol–water partition coefficient (Wildman–Crippen LogP) is 3.44. The van der Waals surface area contributed by atoms with Gasteiger partial charge >= 0.3 is 0 Å². The smallest absolute Gasteiger partial charge is 0.195 e. The van der Waals surface area contributed by atoms with E-state index in [0.717, 1.165) is 24.2 Å². The molecule has 26 heavy (non-hydrogen) atoms. The molecule has 3 aromatic rings. The summed E-state index contributed by atoms with van der Waals surface area (Å²) >= 11 is 0. The van der Waals surface area contributed by atoms with Crippen LogP contribution >= 0.6 is 0 Å². The number of fused-ring (bicyclic) bond motifs is 2. The van der Waals surface area contributed by atoms with E-state index in [1.165, 1.54) is 19.3 Å². The SMILES string of the molecule is CS(=O)Nc1ccc2ccc3ncc(N4CCCCC4)cc3c(=O)c2c1. The number of hydrogen-bond acceptors (Lipinski definition) is 4. The second kappa shape index (κ2) is 7.03. The topological polar surface area (TPSA) is 62.3 Å². The second-order valence-corrected chi connectivity index (χ2v) is 7.81. The molecule has 134 valence electrons. The van der Waals surface area contributed by atoms with Crippen molar-refractivity contribution in [3.63, 3.8) is 0 Å². The molecule has 6 heteroatoms. The van der Waals surface area contributed by atoms with Crippen molar-refractivity contribution in [2.45, 2.75) is 19.3 Å². The van der Waals surface area contributed by atoms with Crippen molar-refractivity contribution in [2.24, 2.45) is 0 Å². The third-order valence-corrected chi connectivity index (χ3v) is 5.37. The summed E-state index contributed by atoms with van der Waals surface area (Å²) in [5.74, 6) is 0. The number of aromatic nitrogens is 1. The lowest BCUT2D eigenvalue weighted by molar-refractivity contribution is 0.577. The van der Waals surface area contributed by atoms with Crippen molar-refractivity contribution in [1.82, 2.24) is 4.98 Å². The Balaban J connectivity index is 1.90. The first-order valence-electron chi connectivity index (χ1n) is 8.84. The molecule has 0 aliphatic carbocycles. The van der Waals surface area contributed by atoms with Crippen LogP contribution in [-0.4, -0.2) is 28.5 Å². The summed E-state index contributed by atoms with van der Waals surface area (Å²) in [6.45, 7) is 2.02. The molecule has 1 unspecified atom stereocenters. The van der Waals surface area contributed by atoms with Gasteiger partial charge in [0.25, 0.3) is 0 Å². The van der Waals surface area contributed by atoms with Crippen LogP contribution in [-0.2, 0) is 11.0 Å². The molecule has 1 aliphatic rings. The molecular formula is C20H21N3O2S. The molecular weight excluding hydrogens is 346 g/mol. The highest BCUT2D eigenvalue weighted by Gasteiger charge is 2.13. The number of rotatable bonds is 3. The minimum atomic E-state index is -1.18. The Morgan fingerprint density at radius 1 is 1.04 bits per heavy atom. The average Bonchev–Trinajstić information content (AvgIpc) is 2.79. The van der Waals surface area contributed by atoms with Gasteiger partial charge in [-0.2, -0.15) is 0 Å². The van der Waals surface area contributed by atoms with Crippen LogP contribution in [0.2, 0.25) is 0 Å². The van der Waals surface area contributed by atoms with Gasteiger partial charge in [-0.25, -0.2) is 4.21 Å². The van der Waals surface area contributed by atoms with Crippen molar-refractivity contribution in [3.8, 4) is 0 Å². The Bertz CT molecular complexity index is 1060. The Morgan fingerprint density at radius 2 is 1.81 bits per heavy atom. The summed E-state index contributed by atoms with van der Waals surface area (Å²) in [7, 11) is -1.18. The highest BCUT2D eigenvalue weighted by Crippen LogP contribution is 2.23. The first-order chi connectivity index (χ1) is 12.6. The molecule has 2 heterocycles. The molecule has 1 fully saturated rings. The first kappa shape index (κ1) is 17.0. The number of pyridine rings is 1. The summed E-state index contributed by atoms with van der Waals surface area (Å²) in [4.78, 5) is 20.0. The largest absolute Gasteiger partial charge is 0.370 e. The fourth-order valence-corrected chi connectivity index (χ4v) is 4.00. The normalized spacial score (nSPS) is 16.0. The van der Waals surface area contributed by atoms with Crippen molar-refractivity contribution < 1.29 is 4.21 Å². The van der Waals surface area contributed by atoms with Crippen LogP contribution in [0.25, 0.3) is 21.7 Å². The van der Waals surface area contributed by atoms with Gasteiger partial charge in [-0.05, 0) is 48.9 Å². The Labute approximate surface area is 154 Å². The van der Waals surface area contributed by atoms with Gasteiger partial charge in [-0.3, -0.25) is 9.78 Å². The van der Waals surface area contributed by atoms with Gasteiger partial charge in [0, 0.05) is 30.4 Å². The molecule has 1 aliphatic heterocycles. The number of anilines is 2. The lowest BCUT2D eigenvalue weighted by Crippen LogP contribution is -2.29. The second-order valence-electron chi connectivity index (χ2n) is 6.69. The van der Waals surface area contributed by atoms with Gasteiger partial charge in [0.15, 0.2) is 5.43 Å². The molecule has 0 bridgehead atoms. The zero-order valence-electron chi connectivity index (χ0n) is 14.7. The first-order valence-corrected chi connectivity index (χ1v) is 10.4. The maximum absolute atomic E-state index is 13.2. The standard InChI is InChI=1S/C20H21N3O2S/c1-26(25)22-15-7-5-14-6-8-19-18(20(24)17(14)11-15)12-16(13-21-19)23-9-3-2-4-10-23/h5-8,11-13,22H,2-4,9-10H2,1H3. The third kappa shape index (κ3) is 3.29. The van der Waals surface area contributed by atoms with E-state index in [4.69, 9.17) is 0 Å². The quantitative estimate of drug-likeness (QED) is 0.770. The van der Waals surface area contributed by atoms with Gasteiger partial charge in [0.1, 0.15) is 11.0 Å². The molecule has 4 rings (SSSR count). The molecule has 0 spiro atoms. The van der Waals surface area contributed by atoms with Crippen LogP contribution < -0.4 is 15.1 Å². The molecule has 1 atom stereocenters. The lowest BCUT2D eigenvalue weighted by Gasteiger charge is -2.28. The molecule has 1 N–H and O–H groups in total. The van der Waals surface area contributed by atoms with Crippen LogP contribution in [0, 0.1) is 0 Å². The number of nitrogens with one attached hydrogen (secondary N) is 1. The fourth-order valence-electron chi connectivity index (χ4n) is 3.55. The maximum atomic E-state index is 13.2. The molecule has 0 amide bonds. The average molecular weight is 367 g/mol. The Morgan fingerprint density at radius 3 is 2.58 bits per heavy atom. The summed E-state index contributed by atoms with van der Waals surface area (Å²) in [5, 5.41) is 2.07. The summed E-state index contributed by atoms with van der Waals surface area (Å²) in [6, 6.07) is 11.2. The minimum absolute atomic E-state index is 0.0445. The third-order valence-electron chi connectivity index (χ3n) is 4.85. The Kier molecular flexibility index (Phi) is 4.59. The molecule has 1 saturated heterocycles. The monoisotopic (exact) mass is 367 g/mol. The van der Waals surface area contributed by atoms with Crippen LogP contribution in [0.3, 0.4) is 0 Å². The van der Waals surface area contributed by atoms with Gasteiger partial charge < -0.3 is 9.62 Å². The van der Waals surface area contributed by atoms with Crippen LogP contribution in [0.4, 0.5) is 11.4 Å².